The number of hydrogen-bond acceptors (Lipinski definition) is 8. The molecule has 0 fully saturated rings. The number of nitrogens with zero attached hydrogens (tertiary/aromatic N) is 8. The van der Waals surface area contributed by atoms with Crippen LogP contribution in [0.5, 0.6) is 0 Å². The van der Waals surface area contributed by atoms with E-state index >= 15 is 0 Å². The number of nitrogens with one attached hydrogen (secondary N) is 1. The molecule has 4 heterocycles. The molecule has 5 aromatic rings. The van der Waals surface area contributed by atoms with Gasteiger partial charge in [0.1, 0.15) is 5.69 Å². The third-order valence-corrected chi connectivity index (χ3v) is 4.17. The topological polar surface area (TPSA) is 116 Å². The third kappa shape index (κ3) is 2.63. The highest BCUT2D eigenvalue weighted by atomic mass is 16.1. The van der Waals surface area contributed by atoms with Crippen LogP contribution in [0.25, 0.3) is 27.9 Å². The van der Waals surface area contributed by atoms with Crippen molar-refractivity contribution in [3.05, 3.63) is 65.6 Å². The van der Waals surface area contributed by atoms with Crippen molar-refractivity contribution in [3.8, 4) is 11.4 Å². The first kappa shape index (κ1) is 16.0. The summed E-state index contributed by atoms with van der Waals surface area (Å²) in [5, 5.41) is 12.6. The van der Waals surface area contributed by atoms with E-state index in [1.807, 2.05) is 37.5 Å². The van der Waals surface area contributed by atoms with E-state index in [0.717, 1.165) is 16.5 Å². The van der Waals surface area contributed by atoms with Gasteiger partial charge in [-0.05, 0) is 12.1 Å². The Morgan fingerprint density at radius 3 is 2.82 bits per heavy atom. The predicted octanol–water partition coefficient (Wildman–Crippen LogP) is 1.57. The molecule has 4 aromatic heterocycles. The first-order chi connectivity index (χ1) is 13.7. The Bertz CT molecular complexity index is 1390. The van der Waals surface area contributed by atoms with Crippen LogP contribution >= 0.6 is 0 Å². The number of rotatable bonds is 3. The molecule has 0 radical (unpaired) electrons. The van der Waals surface area contributed by atoms with Gasteiger partial charge in [0, 0.05) is 31.0 Å². The molecule has 0 saturated carbocycles. The van der Waals surface area contributed by atoms with Crippen LogP contribution in [-0.2, 0) is 7.05 Å². The van der Waals surface area contributed by atoms with Gasteiger partial charge in [0.15, 0.2) is 11.5 Å². The van der Waals surface area contributed by atoms with Crippen molar-refractivity contribution >= 4 is 28.2 Å². The Morgan fingerprint density at radius 2 is 1.96 bits per heavy atom. The Labute approximate surface area is 157 Å². The number of benzene rings is 1. The Morgan fingerprint density at radius 1 is 1.07 bits per heavy atom. The number of para-hydroxylation sites is 1. The number of aromatic nitrogens is 8. The Kier molecular flexibility index (Phi) is 3.54. The zero-order chi connectivity index (χ0) is 19.1. The zero-order valence-corrected chi connectivity index (χ0v) is 14.7. The summed E-state index contributed by atoms with van der Waals surface area (Å²) in [6, 6.07) is 7.60. The summed E-state index contributed by atoms with van der Waals surface area (Å²) in [6.45, 7) is 0. The molecule has 10 heteroatoms. The largest absolute Gasteiger partial charge is 0.318 e. The SMILES string of the molecule is Cn1cc(-c2nc3c4ccccc4nc(Nc4cnccnc4=O)n3n2)cn1. The van der Waals surface area contributed by atoms with Gasteiger partial charge < -0.3 is 5.32 Å². The second-order valence-corrected chi connectivity index (χ2v) is 6.08. The zero-order valence-electron chi connectivity index (χ0n) is 14.7. The smallest absolute Gasteiger partial charge is 0.295 e. The quantitative estimate of drug-likeness (QED) is 0.508. The first-order valence-corrected chi connectivity index (χ1v) is 8.41. The van der Waals surface area contributed by atoms with Crippen molar-refractivity contribution in [2.45, 2.75) is 0 Å². The molecule has 0 spiro atoms. The van der Waals surface area contributed by atoms with Crippen LogP contribution in [-0.4, -0.2) is 39.3 Å². The van der Waals surface area contributed by atoms with E-state index in [2.05, 4.69) is 35.5 Å². The Hall–Kier alpha value is -4.21. The van der Waals surface area contributed by atoms with Gasteiger partial charge in [0.2, 0.25) is 5.95 Å². The second-order valence-electron chi connectivity index (χ2n) is 6.08. The number of anilines is 2. The van der Waals surface area contributed by atoms with Gasteiger partial charge in [0.25, 0.3) is 5.56 Å². The highest BCUT2D eigenvalue weighted by Gasteiger charge is 2.16. The molecule has 1 aromatic carbocycles. The van der Waals surface area contributed by atoms with E-state index in [4.69, 9.17) is 0 Å². The molecule has 5 rings (SSSR count). The van der Waals surface area contributed by atoms with E-state index < -0.39 is 5.56 Å². The number of fused-ring (bicyclic) bond motifs is 3. The average molecular weight is 371 g/mol. The van der Waals surface area contributed by atoms with Crippen LogP contribution in [0.15, 0.2) is 60.0 Å². The fourth-order valence-electron chi connectivity index (χ4n) is 2.88. The minimum atomic E-state index is -0.451. The van der Waals surface area contributed by atoms with Gasteiger partial charge in [-0.3, -0.25) is 14.5 Å². The standard InChI is InChI=1S/C18H13N9O/c1-26-10-11(8-21-26)15-24-16-12-4-2-3-5-13(12)22-18(27(16)25-15)23-14-9-19-6-7-20-17(14)28/h2-10H,1H3,(H,20,22,23,28). The van der Waals surface area contributed by atoms with Crippen LogP contribution in [0.4, 0.5) is 11.6 Å². The monoisotopic (exact) mass is 371 g/mol. The molecule has 0 aliphatic rings. The van der Waals surface area contributed by atoms with Gasteiger partial charge in [-0.2, -0.15) is 9.61 Å². The minimum Gasteiger partial charge on any atom is -0.318 e. The molecule has 0 amide bonds. The highest BCUT2D eigenvalue weighted by molar-refractivity contribution is 5.93. The Balaban J connectivity index is 1.76. The van der Waals surface area contributed by atoms with Gasteiger partial charge in [-0.25, -0.2) is 15.0 Å². The van der Waals surface area contributed by atoms with E-state index in [1.165, 1.54) is 18.6 Å². The molecule has 0 bridgehead atoms. The van der Waals surface area contributed by atoms with Gasteiger partial charge in [-0.1, -0.05) is 12.1 Å². The van der Waals surface area contributed by atoms with Crippen molar-refractivity contribution in [2.75, 3.05) is 5.32 Å². The molecule has 0 atom stereocenters. The van der Waals surface area contributed by atoms with Crippen molar-refractivity contribution in [2.24, 2.45) is 7.05 Å². The normalized spacial score (nSPS) is 11.2. The number of hydrogen-bond donors (Lipinski definition) is 1. The van der Waals surface area contributed by atoms with Crippen LogP contribution in [0.3, 0.4) is 0 Å². The predicted molar refractivity (Wildman–Crippen MR) is 102 cm³/mol. The van der Waals surface area contributed by atoms with E-state index in [1.54, 1.807) is 15.4 Å². The van der Waals surface area contributed by atoms with Gasteiger partial charge in [-0.15, -0.1) is 5.10 Å². The lowest BCUT2D eigenvalue weighted by Gasteiger charge is -2.07. The van der Waals surface area contributed by atoms with Crippen LogP contribution < -0.4 is 10.9 Å². The van der Waals surface area contributed by atoms with Gasteiger partial charge in [0.05, 0.1) is 23.5 Å². The fraction of sp³-hybridized carbons (Fsp3) is 0.0556. The summed E-state index contributed by atoms with van der Waals surface area (Å²) in [5.41, 5.74) is 1.85. The molecule has 0 unspecified atom stereocenters. The van der Waals surface area contributed by atoms with Crippen molar-refractivity contribution in [1.29, 1.82) is 0 Å². The third-order valence-electron chi connectivity index (χ3n) is 4.17. The maximum atomic E-state index is 12.2. The molecule has 136 valence electrons. The second kappa shape index (κ2) is 6.20. The summed E-state index contributed by atoms with van der Waals surface area (Å²) in [4.78, 5) is 29.2. The summed E-state index contributed by atoms with van der Waals surface area (Å²) in [5.74, 6) is 0.842. The molecule has 0 aliphatic carbocycles. The lowest BCUT2D eigenvalue weighted by molar-refractivity contribution is 0.768. The summed E-state index contributed by atoms with van der Waals surface area (Å²) in [7, 11) is 1.83. The maximum Gasteiger partial charge on any atom is 0.295 e. The van der Waals surface area contributed by atoms with Crippen molar-refractivity contribution in [1.82, 2.24) is 39.3 Å². The molecule has 28 heavy (non-hydrogen) atoms. The molecule has 0 saturated heterocycles. The minimum absolute atomic E-state index is 0.188. The summed E-state index contributed by atoms with van der Waals surface area (Å²) >= 11 is 0. The molecule has 10 nitrogen and oxygen atoms in total. The number of aryl methyl sites for hydroxylation is 1. The fourth-order valence-corrected chi connectivity index (χ4v) is 2.88. The lowest BCUT2D eigenvalue weighted by Crippen LogP contribution is -2.11. The molecule has 1 N–H and O–H groups in total. The average Bonchev–Trinajstić information content (AvgIpc) is 3.28. The summed E-state index contributed by atoms with van der Waals surface area (Å²) in [6.07, 6.45) is 7.70. The van der Waals surface area contributed by atoms with Crippen LogP contribution in [0.2, 0.25) is 0 Å². The molecular weight excluding hydrogens is 358 g/mol. The van der Waals surface area contributed by atoms with Crippen molar-refractivity contribution in [3.63, 3.8) is 0 Å². The lowest BCUT2D eigenvalue weighted by atomic mass is 10.2. The highest BCUT2D eigenvalue weighted by Crippen LogP contribution is 2.24. The van der Waals surface area contributed by atoms with Crippen LogP contribution in [0.1, 0.15) is 0 Å². The maximum absolute atomic E-state index is 12.2. The molecule has 0 aliphatic heterocycles. The first-order valence-electron chi connectivity index (χ1n) is 8.41. The van der Waals surface area contributed by atoms with Gasteiger partial charge >= 0.3 is 0 Å². The van der Waals surface area contributed by atoms with E-state index in [9.17, 15) is 4.79 Å². The van der Waals surface area contributed by atoms with Crippen LogP contribution in [0, 0.1) is 0 Å². The van der Waals surface area contributed by atoms with E-state index in [0.29, 0.717) is 17.4 Å². The molecular formula is C18H13N9O. The van der Waals surface area contributed by atoms with Crippen molar-refractivity contribution < 1.29 is 0 Å². The van der Waals surface area contributed by atoms with E-state index in [-0.39, 0.29) is 5.69 Å². The summed E-state index contributed by atoms with van der Waals surface area (Å²) < 4.78 is 3.25.